The molecule has 0 atom stereocenters. The molecule has 0 bridgehead atoms. The highest BCUT2D eigenvalue weighted by molar-refractivity contribution is 9.10. The third-order valence-corrected chi connectivity index (χ3v) is 1.97. The van der Waals surface area contributed by atoms with E-state index < -0.39 is 11.6 Å². The van der Waals surface area contributed by atoms with Gasteiger partial charge in [0.05, 0.1) is 6.20 Å². The topological polar surface area (TPSA) is 78.1 Å². The molecule has 0 amide bonds. The number of aromatic nitrogens is 2. The molecule has 0 unspecified atom stereocenters. The molecule has 0 fully saturated rings. The monoisotopic (exact) mass is 273 g/mol. The van der Waals surface area contributed by atoms with Crippen LogP contribution >= 0.6 is 15.9 Å². The predicted octanol–water partition coefficient (Wildman–Crippen LogP) is 1.78. The van der Waals surface area contributed by atoms with Gasteiger partial charge in [-0.05, 0) is 36.7 Å². The molecule has 0 saturated heterocycles. The zero-order valence-electron chi connectivity index (χ0n) is 8.74. The zero-order chi connectivity index (χ0) is 11.6. The Morgan fingerprint density at radius 1 is 1.53 bits per heavy atom. The number of carbonyl (C=O) groups is 1. The fourth-order valence-electron chi connectivity index (χ4n) is 0.817. The van der Waals surface area contributed by atoms with Gasteiger partial charge in [0.15, 0.2) is 11.5 Å². The number of ether oxygens (including phenoxy) is 1. The summed E-state index contributed by atoms with van der Waals surface area (Å²) in [6.45, 7) is 5.33. The third-order valence-electron chi connectivity index (χ3n) is 1.36. The summed E-state index contributed by atoms with van der Waals surface area (Å²) in [4.78, 5) is 19.2. The highest BCUT2D eigenvalue weighted by atomic mass is 79.9. The fraction of sp³-hybridized carbons (Fsp3) is 0.444. The number of esters is 1. The van der Waals surface area contributed by atoms with Crippen LogP contribution in [0.5, 0.6) is 0 Å². The molecule has 0 spiro atoms. The lowest BCUT2D eigenvalue weighted by molar-refractivity contribution is 0.00624. The van der Waals surface area contributed by atoms with Crippen molar-refractivity contribution in [3.05, 3.63) is 16.5 Å². The number of rotatable bonds is 1. The molecule has 82 valence electrons. The second-order valence-electron chi connectivity index (χ2n) is 3.93. The summed E-state index contributed by atoms with van der Waals surface area (Å²) >= 11 is 3.09. The van der Waals surface area contributed by atoms with E-state index >= 15 is 0 Å². The van der Waals surface area contributed by atoms with Gasteiger partial charge in [0, 0.05) is 0 Å². The molecule has 1 heterocycles. The van der Waals surface area contributed by atoms with Crippen LogP contribution in [0.1, 0.15) is 31.3 Å². The Morgan fingerprint density at radius 2 is 2.13 bits per heavy atom. The third kappa shape index (κ3) is 3.47. The Kier molecular flexibility index (Phi) is 3.28. The standard InChI is InChI=1S/C9H12BrN3O2/c1-9(2,3)15-8(14)5-4-12-6(10)7(11)13-5/h4H,1-3H3,(H2,11,13). The summed E-state index contributed by atoms with van der Waals surface area (Å²) in [5, 5.41) is 0. The van der Waals surface area contributed by atoms with Crippen LogP contribution in [0.2, 0.25) is 0 Å². The number of anilines is 1. The van der Waals surface area contributed by atoms with Crippen molar-refractivity contribution < 1.29 is 9.53 Å². The van der Waals surface area contributed by atoms with Crippen molar-refractivity contribution in [2.75, 3.05) is 5.73 Å². The number of hydrogen-bond donors (Lipinski definition) is 1. The van der Waals surface area contributed by atoms with E-state index in [1.807, 2.05) is 0 Å². The molecule has 1 aromatic rings. The second-order valence-corrected chi connectivity index (χ2v) is 4.68. The van der Waals surface area contributed by atoms with E-state index in [1.165, 1.54) is 6.20 Å². The molecule has 0 radical (unpaired) electrons. The van der Waals surface area contributed by atoms with E-state index in [0.717, 1.165) is 0 Å². The Morgan fingerprint density at radius 3 is 2.60 bits per heavy atom. The van der Waals surface area contributed by atoms with Gasteiger partial charge < -0.3 is 10.5 Å². The van der Waals surface area contributed by atoms with E-state index in [2.05, 4.69) is 25.9 Å². The summed E-state index contributed by atoms with van der Waals surface area (Å²) in [6.07, 6.45) is 1.31. The van der Waals surface area contributed by atoms with Gasteiger partial charge in [0.2, 0.25) is 0 Å². The molecule has 1 rings (SSSR count). The highest BCUT2D eigenvalue weighted by Crippen LogP contribution is 2.15. The Balaban J connectivity index is 2.88. The van der Waals surface area contributed by atoms with Crippen LogP contribution in [0, 0.1) is 0 Å². The largest absolute Gasteiger partial charge is 0.455 e. The van der Waals surface area contributed by atoms with Crippen LogP contribution in [0.4, 0.5) is 5.82 Å². The van der Waals surface area contributed by atoms with E-state index in [-0.39, 0.29) is 11.5 Å². The van der Waals surface area contributed by atoms with Crippen molar-refractivity contribution in [2.24, 2.45) is 0 Å². The van der Waals surface area contributed by atoms with Crippen molar-refractivity contribution >= 4 is 27.7 Å². The summed E-state index contributed by atoms with van der Waals surface area (Å²) in [6, 6.07) is 0. The minimum atomic E-state index is -0.555. The maximum absolute atomic E-state index is 11.5. The maximum atomic E-state index is 11.5. The molecular weight excluding hydrogens is 262 g/mol. The summed E-state index contributed by atoms with van der Waals surface area (Å²) in [5.41, 5.74) is 5.04. The molecule has 1 aromatic heterocycles. The maximum Gasteiger partial charge on any atom is 0.359 e. The number of nitrogens with two attached hydrogens (primary N) is 1. The van der Waals surface area contributed by atoms with Crippen LogP contribution in [0.25, 0.3) is 0 Å². The first-order valence-electron chi connectivity index (χ1n) is 4.31. The first-order chi connectivity index (χ1) is 6.79. The minimum absolute atomic E-state index is 0.102. The van der Waals surface area contributed by atoms with Crippen LogP contribution < -0.4 is 5.73 Å². The van der Waals surface area contributed by atoms with E-state index in [0.29, 0.717) is 4.60 Å². The van der Waals surface area contributed by atoms with Crippen molar-refractivity contribution in [2.45, 2.75) is 26.4 Å². The number of hydrogen-bond acceptors (Lipinski definition) is 5. The smallest absolute Gasteiger partial charge is 0.359 e. The lowest BCUT2D eigenvalue weighted by Crippen LogP contribution is -2.24. The van der Waals surface area contributed by atoms with Crippen molar-refractivity contribution in [1.82, 2.24) is 9.97 Å². The number of carbonyl (C=O) groups excluding carboxylic acids is 1. The number of halogens is 1. The quantitative estimate of drug-likeness (QED) is 0.790. The first-order valence-corrected chi connectivity index (χ1v) is 5.10. The molecule has 6 heteroatoms. The van der Waals surface area contributed by atoms with Gasteiger partial charge in [-0.15, -0.1) is 0 Å². The van der Waals surface area contributed by atoms with Gasteiger partial charge in [-0.25, -0.2) is 14.8 Å². The fourth-order valence-corrected chi connectivity index (χ4v) is 1.01. The van der Waals surface area contributed by atoms with Crippen LogP contribution in [-0.4, -0.2) is 21.5 Å². The highest BCUT2D eigenvalue weighted by Gasteiger charge is 2.19. The van der Waals surface area contributed by atoms with E-state index in [1.54, 1.807) is 20.8 Å². The van der Waals surface area contributed by atoms with Gasteiger partial charge in [-0.3, -0.25) is 0 Å². The molecule has 5 nitrogen and oxygen atoms in total. The molecule has 0 aliphatic carbocycles. The number of nitrogen functional groups attached to an aromatic ring is 1. The first kappa shape index (κ1) is 11.9. The van der Waals surface area contributed by atoms with Crippen molar-refractivity contribution in [3.63, 3.8) is 0 Å². The van der Waals surface area contributed by atoms with Crippen molar-refractivity contribution in [3.8, 4) is 0 Å². The summed E-state index contributed by atoms with van der Waals surface area (Å²) in [7, 11) is 0. The number of nitrogens with zero attached hydrogens (tertiary/aromatic N) is 2. The van der Waals surface area contributed by atoms with E-state index in [4.69, 9.17) is 10.5 Å². The Labute approximate surface area is 96.2 Å². The van der Waals surface area contributed by atoms with Crippen molar-refractivity contribution in [1.29, 1.82) is 0 Å². The summed E-state index contributed by atoms with van der Waals surface area (Å²) in [5.74, 6) is -0.368. The zero-order valence-corrected chi connectivity index (χ0v) is 10.3. The van der Waals surface area contributed by atoms with Gasteiger partial charge in [-0.1, -0.05) is 0 Å². The normalized spacial score (nSPS) is 11.2. The van der Waals surface area contributed by atoms with Crippen LogP contribution in [0.15, 0.2) is 10.8 Å². The van der Waals surface area contributed by atoms with Gasteiger partial charge >= 0.3 is 5.97 Å². The molecule has 2 N–H and O–H groups in total. The lowest BCUT2D eigenvalue weighted by Gasteiger charge is -2.18. The second kappa shape index (κ2) is 4.14. The Bertz CT molecular complexity index is 387. The average Bonchev–Trinajstić information content (AvgIpc) is 2.06. The molecule has 0 aliphatic heterocycles. The predicted molar refractivity (Wildman–Crippen MR) is 59.3 cm³/mol. The van der Waals surface area contributed by atoms with Gasteiger partial charge in [-0.2, -0.15) is 0 Å². The SMILES string of the molecule is CC(C)(C)OC(=O)c1cnc(Br)c(N)n1. The minimum Gasteiger partial charge on any atom is -0.455 e. The molecule has 0 aromatic carbocycles. The molecule has 0 aliphatic rings. The average molecular weight is 274 g/mol. The molecule has 15 heavy (non-hydrogen) atoms. The van der Waals surface area contributed by atoms with Crippen LogP contribution in [0.3, 0.4) is 0 Å². The molecular formula is C9H12BrN3O2. The van der Waals surface area contributed by atoms with Crippen LogP contribution in [-0.2, 0) is 4.74 Å². The Hall–Kier alpha value is -1.17. The van der Waals surface area contributed by atoms with Gasteiger partial charge in [0.1, 0.15) is 10.2 Å². The summed E-state index contributed by atoms with van der Waals surface area (Å²) < 4.78 is 5.52. The van der Waals surface area contributed by atoms with E-state index in [9.17, 15) is 4.79 Å². The lowest BCUT2D eigenvalue weighted by atomic mass is 10.2. The molecule has 0 saturated carbocycles. The van der Waals surface area contributed by atoms with Gasteiger partial charge in [0.25, 0.3) is 0 Å².